The lowest BCUT2D eigenvalue weighted by molar-refractivity contribution is -0.433. The lowest BCUT2D eigenvalue weighted by atomic mass is 9.81. The van der Waals surface area contributed by atoms with Crippen molar-refractivity contribution in [2.75, 3.05) is 103 Å². The average molecular weight is 1940 g/mol. The van der Waals surface area contributed by atoms with Gasteiger partial charge in [0.1, 0.15) is 6.54 Å². The fraction of sp³-hybridized carbons (Fsp3) is 0.587. The molecule has 1 unspecified atom stereocenters. The molecule has 8 atom stereocenters. The summed E-state index contributed by atoms with van der Waals surface area (Å²) in [6, 6.07) is 5.96. The molecule has 3 heterocycles. The molecule has 1 fully saturated rings. The topological polar surface area (TPSA) is 702 Å². The number of ketones is 4. The molecule has 7 amide bonds. The standard InChI is InChI=1S/C92H146N26O16S2/c1-9-71(119)65(28-22-42-109-88(99)100)113-81(126)59(25-19-39-106-85(93)94)52-72(120)66(29-23-43-110-89(101)102)114-82(127)60(26-20-40-107-86(95)96)53-73(121)67(30-24-44-111-90(103)104)115-83(128)61(27-21-41-108-87(97)98)54-74(122)68(112-79(124)38-48-134-50-49-133-8)57-135-75-56-80(125)118(84(75)129)47-45-105-78(123)33-17-14-18-46-117-70-37-35-62(136(130,131)132)55-64(70)92(6,7)77(117)32-16-13-11-12-15-31-76-91(4,5)63-51-58(3)34-36-69(63)116(76)10-2/h11-13,15-16,31-32,34-37,51,55,59-61,65-68,75H,9-10,14,17-30,33,38-50,52-54,56-57H2,1-8H3,(H29-,93,94,95,96,97,98,99,100,101,102,103,104,105,106,107,108,109,110,111,112,113,114,115,123,124,126,127,128,130,131,132)/p+1/t59-,60-,61-,65+,66+,67+,68+,75?/m0/s1. The van der Waals surface area contributed by atoms with Gasteiger partial charge in [-0.05, 0) is 153 Å². The number of allylic oxidation sites excluding steroid dienone is 8. The molecule has 1 saturated heterocycles. The largest absolute Gasteiger partial charge is 0.382 e. The number of ether oxygens (including phenoxy) is 2. The first-order valence-corrected chi connectivity index (χ1v) is 48.9. The molecule has 0 bridgehead atoms. The number of amides is 7. The van der Waals surface area contributed by atoms with Gasteiger partial charge in [-0.25, -0.2) is 0 Å². The van der Waals surface area contributed by atoms with Gasteiger partial charge < -0.3 is 107 Å². The number of unbranched alkanes of at least 4 members (excludes halogenated alkanes) is 2. The van der Waals surface area contributed by atoms with Crippen molar-refractivity contribution in [3.05, 3.63) is 101 Å². The van der Waals surface area contributed by atoms with Gasteiger partial charge in [0, 0.05) is 169 Å². The summed E-state index contributed by atoms with van der Waals surface area (Å²) in [5, 5.41) is 75.2. The first-order valence-electron chi connectivity index (χ1n) is 46.4. The third-order valence-corrected chi connectivity index (χ3v) is 25.9. The number of imide groups is 1. The van der Waals surface area contributed by atoms with Crippen LogP contribution in [0.1, 0.15) is 199 Å². The van der Waals surface area contributed by atoms with Gasteiger partial charge in [0.2, 0.25) is 47.0 Å². The van der Waals surface area contributed by atoms with Gasteiger partial charge in [0.25, 0.3) is 10.1 Å². The van der Waals surface area contributed by atoms with Crippen LogP contribution < -0.4 is 97.8 Å². The van der Waals surface area contributed by atoms with Crippen LogP contribution in [0.2, 0.25) is 0 Å². The predicted molar refractivity (Wildman–Crippen MR) is 525 cm³/mol. The summed E-state index contributed by atoms with van der Waals surface area (Å²) in [6.07, 6.45) is 14.4. The molecule has 2 aromatic rings. The van der Waals surface area contributed by atoms with Gasteiger partial charge in [-0.15, -0.1) is 11.8 Å². The van der Waals surface area contributed by atoms with E-state index in [-0.39, 0.29) is 214 Å². The van der Waals surface area contributed by atoms with Crippen molar-refractivity contribution >= 4 is 139 Å². The Kier molecular flexibility index (Phi) is 49.0. The smallest absolute Gasteiger partial charge is 0.294 e. The van der Waals surface area contributed by atoms with Crippen LogP contribution in [-0.2, 0) is 83.2 Å². The summed E-state index contributed by atoms with van der Waals surface area (Å²) in [5.74, 6) is -12.9. The zero-order valence-electron chi connectivity index (χ0n) is 79.8. The second kappa shape index (κ2) is 58.3. The maximum atomic E-state index is 15.2. The first-order chi connectivity index (χ1) is 64.4. The molecule has 42 nitrogen and oxygen atoms in total. The van der Waals surface area contributed by atoms with E-state index in [1.165, 1.54) is 41.8 Å². The number of Topliss-reactive ketones (excluding diaryl/α,β-unsaturated/α-hetero) is 4. The number of hydrogen-bond acceptors (Lipinski definition) is 23. The van der Waals surface area contributed by atoms with Gasteiger partial charge in [-0.1, -0.05) is 69.2 Å². The molecule has 30 N–H and O–H groups in total. The van der Waals surface area contributed by atoms with Crippen molar-refractivity contribution in [3.8, 4) is 0 Å². The zero-order chi connectivity index (χ0) is 101. The Bertz CT molecular complexity index is 4800. The Morgan fingerprint density at radius 2 is 0.993 bits per heavy atom. The highest BCUT2D eigenvalue weighted by Crippen LogP contribution is 2.49. The molecule has 5 rings (SSSR count). The molecule has 0 aromatic heterocycles. The fourth-order valence-electron chi connectivity index (χ4n) is 16.4. The lowest BCUT2D eigenvalue weighted by Gasteiger charge is -2.27. The van der Waals surface area contributed by atoms with E-state index in [9.17, 15) is 46.5 Å². The van der Waals surface area contributed by atoms with Gasteiger partial charge in [0.05, 0.1) is 59.5 Å². The van der Waals surface area contributed by atoms with Crippen molar-refractivity contribution in [2.24, 2.45) is 52.2 Å². The maximum absolute atomic E-state index is 15.2. The highest BCUT2D eigenvalue weighted by Gasteiger charge is 2.46. The van der Waals surface area contributed by atoms with Crippen LogP contribution in [0.5, 0.6) is 0 Å². The molecule has 752 valence electrons. The maximum Gasteiger partial charge on any atom is 0.294 e. The number of nitrogens with one attached hydrogen (secondary N) is 17. The van der Waals surface area contributed by atoms with Crippen molar-refractivity contribution in [2.45, 2.75) is 235 Å². The van der Waals surface area contributed by atoms with Crippen LogP contribution >= 0.6 is 11.8 Å². The van der Waals surface area contributed by atoms with Crippen molar-refractivity contribution in [1.29, 1.82) is 32.5 Å². The second-order valence-electron chi connectivity index (χ2n) is 34.9. The number of anilines is 1. The summed E-state index contributed by atoms with van der Waals surface area (Å²) in [4.78, 5) is 161. The van der Waals surface area contributed by atoms with Crippen LogP contribution in [0.15, 0.2) is 89.5 Å². The number of methoxy groups -OCH3 is 1. The van der Waals surface area contributed by atoms with Crippen LogP contribution in [0.3, 0.4) is 0 Å². The SMILES string of the molecule is CCC(=O)[C@@H](CCCNC(=N)N)NC(=O)[C@@H](CCCNC(=N)N)CC(=O)[C@@H](CCCNC(=N)N)NC(=O)[C@@H](CCCNC(=N)N)CC(=O)[C@@H](CCCNC(=N)N)NC(=O)[C@@H](CCCNC(=N)N)CC(=O)[C@@H](CSC1CC(=O)N(CCNC(=O)CCCCCN2/C(=C/C=C/C=C/C=C/C3=[N+](CC)c4ccc(C)cc4C3(C)C)C(C)(C)c3cc(S(=O)(=O)O)ccc32)C1=O)NC(=O)CCOCCOC. The quantitative estimate of drug-likeness (QED) is 0.00861. The molecule has 3 aliphatic heterocycles. The van der Waals surface area contributed by atoms with Crippen LogP contribution in [0, 0.1) is 57.1 Å². The highest BCUT2D eigenvalue weighted by molar-refractivity contribution is 8.00. The minimum absolute atomic E-state index is 0.0251. The number of nitrogens with two attached hydrogens (primary N) is 6. The number of nitrogens with zero attached hydrogens (tertiary/aromatic N) is 3. The summed E-state index contributed by atoms with van der Waals surface area (Å²) < 4.78 is 47.8. The molecule has 3 aliphatic rings. The Labute approximate surface area is 801 Å². The number of benzene rings is 2. The fourth-order valence-corrected chi connectivity index (χ4v) is 18.1. The van der Waals surface area contributed by atoms with Gasteiger partial charge in [0.15, 0.2) is 64.6 Å². The third-order valence-electron chi connectivity index (χ3n) is 23.7. The highest BCUT2D eigenvalue weighted by atomic mass is 32.2. The summed E-state index contributed by atoms with van der Waals surface area (Å²) in [6.45, 7) is 16.2. The average Bonchev–Trinajstić information content (AvgIpc) is 1.59. The number of likely N-dealkylation sites (tertiary alicyclic amines) is 1. The molecule has 0 radical (unpaired) electrons. The number of carbonyl (C=O) groups is 11. The van der Waals surface area contributed by atoms with Gasteiger partial charge in [-0.3, -0.25) is 94.6 Å². The van der Waals surface area contributed by atoms with E-state index in [0.717, 1.165) is 34.6 Å². The Morgan fingerprint density at radius 3 is 1.46 bits per heavy atom. The predicted octanol–water partition coefficient (Wildman–Crippen LogP) is 2.80. The van der Waals surface area contributed by atoms with Crippen molar-refractivity contribution in [3.63, 3.8) is 0 Å². The van der Waals surface area contributed by atoms with E-state index in [1.54, 1.807) is 13.0 Å². The molecule has 0 saturated carbocycles. The minimum Gasteiger partial charge on any atom is -0.382 e. The van der Waals surface area contributed by atoms with E-state index in [0.29, 0.717) is 37.8 Å². The molecule has 0 spiro atoms. The Hall–Kier alpha value is -12.2. The lowest BCUT2D eigenvalue weighted by Crippen LogP contribution is -2.49. The molecule has 44 heteroatoms. The second-order valence-corrected chi connectivity index (χ2v) is 37.6. The minimum atomic E-state index is -4.52. The first kappa shape index (κ1) is 114. The molecular formula is C92H147N26O16S2+. The number of guanidine groups is 6. The van der Waals surface area contributed by atoms with Crippen molar-refractivity contribution < 1.29 is 79.8 Å². The van der Waals surface area contributed by atoms with Gasteiger partial charge >= 0.3 is 0 Å². The van der Waals surface area contributed by atoms with E-state index in [4.69, 9.17) is 76.3 Å². The molecule has 136 heavy (non-hydrogen) atoms. The third kappa shape index (κ3) is 38.9. The Morgan fingerprint density at radius 1 is 0.522 bits per heavy atom. The normalized spacial score (nSPS) is 16.2. The molecule has 0 aliphatic carbocycles. The van der Waals surface area contributed by atoms with Gasteiger partial charge in [-0.2, -0.15) is 13.0 Å². The van der Waals surface area contributed by atoms with E-state index in [1.807, 2.05) is 50.3 Å². The van der Waals surface area contributed by atoms with Crippen LogP contribution in [-0.4, -0.2) is 256 Å². The molecule has 2 aromatic carbocycles. The number of fused-ring (bicyclic) bond motifs is 2. The summed E-state index contributed by atoms with van der Waals surface area (Å²) >= 11 is 0.924. The summed E-state index contributed by atoms with van der Waals surface area (Å²) in [5.41, 5.74) is 39.9. The number of hydrogen-bond donors (Lipinski definition) is 24. The van der Waals surface area contributed by atoms with E-state index in [2.05, 4.69) is 120 Å². The Balaban J connectivity index is 1.33. The number of carbonyl (C=O) groups excluding carboxylic acids is 11. The van der Waals surface area contributed by atoms with Crippen LogP contribution in [0.4, 0.5) is 11.4 Å². The molecular weight excluding hydrogens is 1790 g/mol. The number of aryl methyl sites for hydroxylation is 1. The van der Waals surface area contributed by atoms with Crippen molar-refractivity contribution in [1.82, 2.24) is 63.4 Å². The van der Waals surface area contributed by atoms with Crippen LogP contribution in [0.25, 0.3) is 0 Å². The number of thioether (sulfide) groups is 1. The zero-order valence-corrected chi connectivity index (χ0v) is 81.4. The van der Waals surface area contributed by atoms with E-state index < -0.39 is 153 Å². The summed E-state index contributed by atoms with van der Waals surface area (Å²) in [7, 11) is -3.05. The van der Waals surface area contributed by atoms with E-state index >= 15 is 19.2 Å². The number of rotatable bonds is 66. The monoisotopic (exact) mass is 1940 g/mol.